The van der Waals surface area contributed by atoms with E-state index in [0.717, 1.165) is 5.92 Å². The van der Waals surface area contributed by atoms with Gasteiger partial charge in [-0.1, -0.05) is 69.7 Å². The molecule has 1 nitrogen and oxygen atoms in total. The second-order valence-electron chi connectivity index (χ2n) is 5.84. The average molecular weight is 245 g/mol. The minimum atomic E-state index is 0.240. The molecule has 1 fully saturated rings. The molecule has 0 saturated heterocycles. The van der Waals surface area contributed by atoms with E-state index in [9.17, 15) is 0 Å². The Morgan fingerprint density at radius 2 is 1.78 bits per heavy atom. The Bertz CT molecular complexity index is 335. The fraction of sp³-hybridized carbons (Fsp3) is 0.647. The molecule has 1 aliphatic rings. The molecule has 2 rings (SSSR count). The first kappa shape index (κ1) is 13.6. The molecule has 1 aromatic rings. The van der Waals surface area contributed by atoms with Crippen molar-refractivity contribution in [1.82, 2.24) is 0 Å². The predicted octanol–water partition coefficient (Wildman–Crippen LogP) is 4.61. The normalized spacial score (nSPS) is 18.8. The van der Waals surface area contributed by atoms with Crippen LogP contribution in [-0.2, 0) is 6.42 Å². The lowest BCUT2D eigenvalue weighted by atomic mass is 9.83. The molecule has 0 amide bonds. The van der Waals surface area contributed by atoms with Crippen molar-refractivity contribution in [3.05, 3.63) is 35.4 Å². The molecule has 1 unspecified atom stereocenters. The third kappa shape index (κ3) is 3.84. The molecule has 2 N–H and O–H groups in total. The van der Waals surface area contributed by atoms with Crippen molar-refractivity contribution < 1.29 is 0 Å². The highest BCUT2D eigenvalue weighted by Crippen LogP contribution is 2.30. The fourth-order valence-electron chi connectivity index (χ4n) is 3.14. The highest BCUT2D eigenvalue weighted by atomic mass is 14.6. The monoisotopic (exact) mass is 245 g/mol. The van der Waals surface area contributed by atoms with Gasteiger partial charge < -0.3 is 5.73 Å². The van der Waals surface area contributed by atoms with Crippen LogP contribution in [0.15, 0.2) is 24.3 Å². The molecule has 1 saturated carbocycles. The molecule has 1 aliphatic carbocycles. The van der Waals surface area contributed by atoms with Crippen molar-refractivity contribution in [3.8, 4) is 0 Å². The second-order valence-corrected chi connectivity index (χ2v) is 5.84. The standard InChI is InChI=1S/C17H27N/c1-2-6-14-9-11-16(12-10-14)17(18)13-15-7-4-3-5-8-15/h9-12,15,17H,2-8,13,18H2,1H3. The van der Waals surface area contributed by atoms with Gasteiger partial charge in [-0.2, -0.15) is 0 Å². The van der Waals surface area contributed by atoms with Crippen LogP contribution in [-0.4, -0.2) is 0 Å². The molecule has 0 spiro atoms. The van der Waals surface area contributed by atoms with Crippen molar-refractivity contribution in [2.45, 2.75) is 64.3 Å². The first-order valence-corrected chi connectivity index (χ1v) is 7.64. The van der Waals surface area contributed by atoms with Crippen molar-refractivity contribution in [3.63, 3.8) is 0 Å². The smallest absolute Gasteiger partial charge is 0.0297 e. The summed E-state index contributed by atoms with van der Waals surface area (Å²) in [6.45, 7) is 2.22. The fourth-order valence-corrected chi connectivity index (χ4v) is 3.14. The Morgan fingerprint density at radius 1 is 1.11 bits per heavy atom. The van der Waals surface area contributed by atoms with Gasteiger partial charge in [-0.15, -0.1) is 0 Å². The van der Waals surface area contributed by atoms with Crippen LogP contribution >= 0.6 is 0 Å². The van der Waals surface area contributed by atoms with E-state index in [1.807, 2.05) is 0 Å². The average Bonchev–Trinajstić information content (AvgIpc) is 2.41. The maximum absolute atomic E-state index is 6.35. The summed E-state index contributed by atoms with van der Waals surface area (Å²) in [4.78, 5) is 0. The summed E-state index contributed by atoms with van der Waals surface area (Å²) in [7, 11) is 0. The van der Waals surface area contributed by atoms with Gasteiger partial charge in [0.2, 0.25) is 0 Å². The largest absolute Gasteiger partial charge is 0.324 e. The van der Waals surface area contributed by atoms with E-state index >= 15 is 0 Å². The van der Waals surface area contributed by atoms with Gasteiger partial charge >= 0.3 is 0 Å². The zero-order chi connectivity index (χ0) is 12.8. The summed E-state index contributed by atoms with van der Waals surface area (Å²) in [6.07, 6.45) is 10.6. The van der Waals surface area contributed by atoms with Gasteiger partial charge in [0.15, 0.2) is 0 Å². The Morgan fingerprint density at radius 3 is 2.39 bits per heavy atom. The van der Waals surface area contributed by atoms with E-state index in [2.05, 4.69) is 31.2 Å². The predicted molar refractivity (Wildman–Crippen MR) is 78.6 cm³/mol. The Balaban J connectivity index is 1.89. The highest BCUT2D eigenvalue weighted by Gasteiger charge is 2.17. The van der Waals surface area contributed by atoms with Gasteiger partial charge in [-0.25, -0.2) is 0 Å². The maximum atomic E-state index is 6.35. The molecular weight excluding hydrogens is 218 g/mol. The van der Waals surface area contributed by atoms with E-state index in [4.69, 9.17) is 5.73 Å². The van der Waals surface area contributed by atoms with Crippen LogP contribution in [0.2, 0.25) is 0 Å². The first-order valence-electron chi connectivity index (χ1n) is 7.64. The number of hydrogen-bond donors (Lipinski definition) is 1. The minimum Gasteiger partial charge on any atom is -0.324 e. The molecule has 1 atom stereocenters. The quantitative estimate of drug-likeness (QED) is 0.805. The zero-order valence-corrected chi connectivity index (χ0v) is 11.7. The van der Waals surface area contributed by atoms with Crippen molar-refractivity contribution in [2.24, 2.45) is 11.7 Å². The van der Waals surface area contributed by atoms with Gasteiger partial charge in [0.05, 0.1) is 0 Å². The third-order valence-corrected chi connectivity index (χ3v) is 4.26. The number of rotatable bonds is 5. The number of hydrogen-bond acceptors (Lipinski definition) is 1. The van der Waals surface area contributed by atoms with Crippen LogP contribution in [0.25, 0.3) is 0 Å². The Hall–Kier alpha value is -0.820. The highest BCUT2D eigenvalue weighted by molar-refractivity contribution is 5.25. The van der Waals surface area contributed by atoms with Crippen molar-refractivity contribution >= 4 is 0 Å². The molecule has 18 heavy (non-hydrogen) atoms. The van der Waals surface area contributed by atoms with Gasteiger partial charge in [0, 0.05) is 6.04 Å². The van der Waals surface area contributed by atoms with Gasteiger partial charge in [-0.05, 0) is 29.9 Å². The lowest BCUT2D eigenvalue weighted by Gasteiger charge is -2.24. The van der Waals surface area contributed by atoms with Crippen LogP contribution in [0.1, 0.15) is 69.0 Å². The summed E-state index contributed by atoms with van der Waals surface area (Å²) in [5.41, 5.74) is 9.11. The molecule has 0 radical (unpaired) electrons. The third-order valence-electron chi connectivity index (χ3n) is 4.26. The van der Waals surface area contributed by atoms with E-state index in [1.54, 1.807) is 0 Å². The van der Waals surface area contributed by atoms with Gasteiger partial charge in [-0.3, -0.25) is 0 Å². The van der Waals surface area contributed by atoms with Crippen LogP contribution in [0, 0.1) is 5.92 Å². The molecule has 0 heterocycles. The summed E-state index contributed by atoms with van der Waals surface area (Å²) in [5, 5.41) is 0. The SMILES string of the molecule is CCCc1ccc(C(N)CC2CCCCC2)cc1. The van der Waals surface area contributed by atoms with E-state index in [1.165, 1.54) is 62.5 Å². The van der Waals surface area contributed by atoms with Gasteiger partial charge in [0.25, 0.3) is 0 Å². The Labute approximate surface area is 112 Å². The lowest BCUT2D eigenvalue weighted by molar-refractivity contribution is 0.319. The molecule has 1 heteroatoms. The van der Waals surface area contributed by atoms with Crippen LogP contribution in [0.4, 0.5) is 0 Å². The topological polar surface area (TPSA) is 26.0 Å². The Kier molecular flexibility index (Phi) is 5.25. The van der Waals surface area contributed by atoms with Gasteiger partial charge in [0.1, 0.15) is 0 Å². The summed E-state index contributed by atoms with van der Waals surface area (Å²) >= 11 is 0. The summed E-state index contributed by atoms with van der Waals surface area (Å²) < 4.78 is 0. The number of benzene rings is 1. The number of aryl methyl sites for hydroxylation is 1. The minimum absolute atomic E-state index is 0.240. The van der Waals surface area contributed by atoms with E-state index in [0.29, 0.717) is 0 Å². The molecule has 0 aliphatic heterocycles. The van der Waals surface area contributed by atoms with Crippen LogP contribution in [0.3, 0.4) is 0 Å². The molecule has 0 aromatic heterocycles. The van der Waals surface area contributed by atoms with Crippen molar-refractivity contribution in [1.29, 1.82) is 0 Å². The van der Waals surface area contributed by atoms with E-state index < -0.39 is 0 Å². The maximum Gasteiger partial charge on any atom is 0.0297 e. The summed E-state index contributed by atoms with van der Waals surface area (Å²) in [6, 6.07) is 9.21. The molecule has 100 valence electrons. The molecule has 1 aromatic carbocycles. The number of nitrogens with two attached hydrogens (primary N) is 1. The summed E-state index contributed by atoms with van der Waals surface area (Å²) in [5.74, 6) is 0.865. The van der Waals surface area contributed by atoms with Crippen LogP contribution in [0.5, 0.6) is 0 Å². The first-order chi connectivity index (χ1) is 8.79. The lowest BCUT2D eigenvalue weighted by Crippen LogP contribution is -2.17. The molecule has 0 bridgehead atoms. The van der Waals surface area contributed by atoms with E-state index in [-0.39, 0.29) is 6.04 Å². The second kappa shape index (κ2) is 6.94. The zero-order valence-electron chi connectivity index (χ0n) is 11.7. The molecular formula is C17H27N. The van der Waals surface area contributed by atoms with Crippen molar-refractivity contribution in [2.75, 3.05) is 0 Å². The van der Waals surface area contributed by atoms with Crippen LogP contribution < -0.4 is 5.73 Å².